The molecule has 0 bridgehead atoms. The fourth-order valence-electron chi connectivity index (χ4n) is 2.24. The molecule has 0 saturated carbocycles. The molecule has 0 fully saturated rings. The van der Waals surface area contributed by atoms with Gasteiger partial charge in [0, 0.05) is 6.54 Å². The van der Waals surface area contributed by atoms with E-state index in [1.165, 1.54) is 31.4 Å². The molecular weight excluding hydrogens is 296 g/mol. The van der Waals surface area contributed by atoms with Gasteiger partial charge < -0.3 is 9.55 Å². The molecule has 1 heterocycles. The summed E-state index contributed by atoms with van der Waals surface area (Å²) in [6, 6.07) is 5.94. The van der Waals surface area contributed by atoms with E-state index in [4.69, 9.17) is 23.8 Å². The van der Waals surface area contributed by atoms with Crippen LogP contribution in [-0.2, 0) is 6.54 Å². The van der Waals surface area contributed by atoms with Crippen molar-refractivity contribution in [3.8, 4) is 0 Å². The van der Waals surface area contributed by atoms with E-state index in [2.05, 4.69) is 21.9 Å². The fourth-order valence-corrected chi connectivity index (χ4v) is 3.24. The number of aryl methyl sites for hydroxylation is 1. The Balaban J connectivity index is 1.99. The number of halogens is 1. The maximum Gasteiger partial charge on any atom is 0.178 e. The number of H-pyrrole nitrogens is 1. The average Bonchev–Trinajstić information content (AvgIpc) is 2.72. The summed E-state index contributed by atoms with van der Waals surface area (Å²) in [4.78, 5) is 3.20. The van der Waals surface area contributed by atoms with Crippen LogP contribution in [0.2, 0.25) is 5.02 Å². The minimum atomic E-state index is 0.738. The number of nitrogens with one attached hydrogen (secondary N) is 1. The zero-order valence-electron chi connectivity index (χ0n) is 11.1. The topological polar surface area (TPSA) is 20.7 Å². The Morgan fingerprint density at radius 2 is 2.05 bits per heavy atom. The number of thioether (sulfide) groups is 1. The summed E-state index contributed by atoms with van der Waals surface area (Å²) in [5.41, 5.74) is 2.07. The largest absolute Gasteiger partial charge is 0.329 e. The molecule has 19 heavy (non-hydrogen) atoms. The van der Waals surface area contributed by atoms with Crippen LogP contribution in [-0.4, -0.2) is 21.6 Å². The highest BCUT2D eigenvalue weighted by Crippen LogP contribution is 2.23. The van der Waals surface area contributed by atoms with E-state index in [0.717, 1.165) is 27.4 Å². The van der Waals surface area contributed by atoms with Crippen LogP contribution in [0.1, 0.15) is 25.7 Å². The molecule has 104 valence electrons. The highest BCUT2D eigenvalue weighted by molar-refractivity contribution is 7.98. The third-order valence-electron chi connectivity index (χ3n) is 3.24. The second-order valence-electron chi connectivity index (χ2n) is 4.62. The number of fused-ring (bicyclic) bond motifs is 1. The van der Waals surface area contributed by atoms with E-state index in [0.29, 0.717) is 0 Å². The first-order valence-corrected chi connectivity index (χ1v) is 8.78. The number of unbranched alkanes of at least 4 members (excludes halogenated alkanes) is 3. The van der Waals surface area contributed by atoms with Crippen molar-refractivity contribution < 1.29 is 0 Å². The number of aromatic nitrogens is 2. The fraction of sp³-hybridized carbons (Fsp3) is 0.500. The lowest BCUT2D eigenvalue weighted by Crippen LogP contribution is -1.98. The summed E-state index contributed by atoms with van der Waals surface area (Å²) in [5.74, 6) is 1.27. The number of nitrogens with zero attached hydrogens (tertiary/aromatic N) is 1. The summed E-state index contributed by atoms with van der Waals surface area (Å²) >= 11 is 13.5. The molecule has 2 rings (SSSR count). The summed E-state index contributed by atoms with van der Waals surface area (Å²) in [7, 11) is 0. The molecule has 1 N–H and O–H groups in total. The number of benzene rings is 1. The van der Waals surface area contributed by atoms with Gasteiger partial charge in [0.2, 0.25) is 0 Å². The van der Waals surface area contributed by atoms with Gasteiger partial charge in [0.05, 0.1) is 16.1 Å². The lowest BCUT2D eigenvalue weighted by atomic mass is 10.2. The van der Waals surface area contributed by atoms with Gasteiger partial charge >= 0.3 is 0 Å². The zero-order chi connectivity index (χ0) is 13.7. The molecular formula is C14H19ClN2S2. The monoisotopic (exact) mass is 314 g/mol. The van der Waals surface area contributed by atoms with E-state index in [-0.39, 0.29) is 0 Å². The minimum Gasteiger partial charge on any atom is -0.329 e. The Hall–Kier alpha value is -0.450. The highest BCUT2D eigenvalue weighted by Gasteiger charge is 2.06. The van der Waals surface area contributed by atoms with Crippen LogP contribution in [0.4, 0.5) is 0 Å². The summed E-state index contributed by atoms with van der Waals surface area (Å²) in [5, 5.41) is 0.738. The van der Waals surface area contributed by atoms with Gasteiger partial charge in [-0.05, 0) is 49.2 Å². The molecule has 0 aliphatic rings. The molecule has 0 radical (unpaired) electrons. The van der Waals surface area contributed by atoms with Gasteiger partial charge in [0.25, 0.3) is 0 Å². The van der Waals surface area contributed by atoms with Gasteiger partial charge in [-0.15, -0.1) is 0 Å². The molecule has 2 aromatic rings. The van der Waals surface area contributed by atoms with Crippen LogP contribution in [0.25, 0.3) is 11.0 Å². The van der Waals surface area contributed by atoms with Crippen LogP contribution in [0.15, 0.2) is 18.2 Å². The Morgan fingerprint density at radius 1 is 1.26 bits per heavy atom. The smallest absolute Gasteiger partial charge is 0.178 e. The molecule has 0 saturated heterocycles. The van der Waals surface area contributed by atoms with Crippen molar-refractivity contribution in [2.45, 2.75) is 32.2 Å². The maximum absolute atomic E-state index is 6.17. The first-order valence-electron chi connectivity index (χ1n) is 6.60. The van der Waals surface area contributed by atoms with Crippen LogP contribution in [0.5, 0.6) is 0 Å². The predicted molar refractivity (Wildman–Crippen MR) is 89.0 cm³/mol. The third kappa shape index (κ3) is 3.77. The van der Waals surface area contributed by atoms with Gasteiger partial charge in [0.15, 0.2) is 4.77 Å². The quantitative estimate of drug-likeness (QED) is 0.554. The van der Waals surface area contributed by atoms with E-state index in [1.54, 1.807) is 0 Å². The second kappa shape index (κ2) is 7.36. The molecule has 0 spiro atoms. The molecule has 0 aliphatic heterocycles. The minimum absolute atomic E-state index is 0.738. The lowest BCUT2D eigenvalue weighted by molar-refractivity contribution is 0.589. The Bertz CT molecular complexity index is 589. The second-order valence-corrected chi connectivity index (χ2v) is 6.40. The Kier molecular flexibility index (Phi) is 5.79. The van der Waals surface area contributed by atoms with Crippen LogP contribution in [0, 0.1) is 4.77 Å². The molecule has 0 unspecified atom stereocenters. The normalized spacial score (nSPS) is 11.3. The molecule has 1 aromatic carbocycles. The summed E-state index contributed by atoms with van der Waals surface area (Å²) in [6.07, 6.45) is 7.20. The summed E-state index contributed by atoms with van der Waals surface area (Å²) in [6.45, 7) is 0.971. The number of imidazole rings is 1. The van der Waals surface area contributed by atoms with Gasteiger partial charge in [-0.25, -0.2) is 0 Å². The molecule has 0 aliphatic carbocycles. The van der Waals surface area contributed by atoms with Gasteiger partial charge in [-0.1, -0.05) is 30.5 Å². The molecule has 0 amide bonds. The number of rotatable bonds is 7. The molecule has 2 nitrogen and oxygen atoms in total. The first kappa shape index (κ1) is 14.9. The van der Waals surface area contributed by atoms with E-state index >= 15 is 0 Å². The number of hydrogen-bond donors (Lipinski definition) is 1. The van der Waals surface area contributed by atoms with Crippen molar-refractivity contribution in [1.29, 1.82) is 0 Å². The van der Waals surface area contributed by atoms with E-state index < -0.39 is 0 Å². The van der Waals surface area contributed by atoms with Crippen molar-refractivity contribution in [3.05, 3.63) is 28.0 Å². The molecule has 0 atom stereocenters. The zero-order valence-corrected chi connectivity index (χ0v) is 13.5. The Morgan fingerprint density at radius 3 is 2.84 bits per heavy atom. The average molecular weight is 315 g/mol. The van der Waals surface area contributed by atoms with Crippen molar-refractivity contribution in [1.82, 2.24) is 9.55 Å². The third-order valence-corrected chi connectivity index (χ3v) is 4.57. The van der Waals surface area contributed by atoms with Crippen molar-refractivity contribution in [2.24, 2.45) is 0 Å². The predicted octanol–water partition coefficient (Wildman–Crippen LogP) is 5.28. The SMILES string of the molecule is CSCCCCCCn1c(=S)[nH]c2c(Cl)cccc21. The van der Waals surface area contributed by atoms with Gasteiger partial charge in [-0.3, -0.25) is 0 Å². The van der Waals surface area contributed by atoms with Crippen LogP contribution < -0.4 is 0 Å². The standard InChI is InChI=1S/C14H19ClN2S2/c1-19-10-5-3-2-4-9-17-12-8-6-7-11(15)13(12)16-14(17)18/h6-8H,2-5,9-10H2,1H3,(H,16,18). The molecule has 1 aromatic heterocycles. The Labute approximate surface area is 128 Å². The van der Waals surface area contributed by atoms with Gasteiger partial charge in [-0.2, -0.15) is 11.8 Å². The highest BCUT2D eigenvalue weighted by atomic mass is 35.5. The van der Waals surface area contributed by atoms with Gasteiger partial charge in [0.1, 0.15) is 0 Å². The number of para-hydroxylation sites is 1. The lowest BCUT2D eigenvalue weighted by Gasteiger charge is -2.04. The first-order chi connectivity index (χ1) is 9.24. The summed E-state index contributed by atoms with van der Waals surface area (Å²) < 4.78 is 2.93. The molecule has 5 heteroatoms. The number of aromatic amines is 1. The van der Waals surface area contributed by atoms with E-state index in [1.807, 2.05) is 23.9 Å². The van der Waals surface area contributed by atoms with E-state index in [9.17, 15) is 0 Å². The van der Waals surface area contributed by atoms with Crippen LogP contribution in [0.3, 0.4) is 0 Å². The van der Waals surface area contributed by atoms with Crippen molar-refractivity contribution in [3.63, 3.8) is 0 Å². The van der Waals surface area contributed by atoms with Crippen molar-refractivity contribution in [2.75, 3.05) is 12.0 Å². The van der Waals surface area contributed by atoms with Crippen molar-refractivity contribution >= 4 is 46.6 Å². The van der Waals surface area contributed by atoms with Crippen LogP contribution >= 0.6 is 35.6 Å². The maximum atomic E-state index is 6.17. The number of hydrogen-bond acceptors (Lipinski definition) is 2.